The van der Waals surface area contributed by atoms with Crippen LogP contribution in [0.5, 0.6) is 0 Å². The van der Waals surface area contributed by atoms with Crippen LogP contribution >= 0.6 is 0 Å². The molecule has 1 N–H and O–H groups in total. The fourth-order valence-corrected chi connectivity index (χ4v) is 1.76. The lowest BCUT2D eigenvalue weighted by molar-refractivity contribution is -0.143. The zero-order valence-corrected chi connectivity index (χ0v) is 9.53. The van der Waals surface area contributed by atoms with Gasteiger partial charge in [-0.05, 0) is 19.8 Å². The van der Waals surface area contributed by atoms with E-state index in [2.05, 4.69) is 11.9 Å². The molecule has 0 spiro atoms. The quantitative estimate of drug-likeness (QED) is 0.573. The first kappa shape index (κ1) is 12.4. The Bertz CT molecular complexity index is 338. The van der Waals surface area contributed by atoms with Gasteiger partial charge in [-0.25, -0.2) is 4.79 Å². The van der Waals surface area contributed by atoms with Crippen molar-refractivity contribution < 1.29 is 14.4 Å². The molecule has 1 aliphatic rings. The van der Waals surface area contributed by atoms with Gasteiger partial charge in [0.1, 0.15) is 5.92 Å². The number of carbonyl (C=O) groups is 3. The second-order valence-corrected chi connectivity index (χ2v) is 3.84. The molecular weight excluding hydrogens is 208 g/mol. The van der Waals surface area contributed by atoms with Gasteiger partial charge in [-0.3, -0.25) is 19.8 Å². The zero-order chi connectivity index (χ0) is 12.3. The molecule has 0 bridgehead atoms. The van der Waals surface area contributed by atoms with E-state index >= 15 is 0 Å². The molecule has 0 aliphatic carbocycles. The minimum Gasteiger partial charge on any atom is -0.277 e. The summed E-state index contributed by atoms with van der Waals surface area (Å²) in [7, 11) is 0. The van der Waals surface area contributed by atoms with Gasteiger partial charge in [-0.1, -0.05) is 13.0 Å². The summed E-state index contributed by atoms with van der Waals surface area (Å²) in [5.74, 6) is -1.66. The molecule has 4 amide bonds. The molecule has 1 saturated heterocycles. The third-order valence-corrected chi connectivity index (χ3v) is 2.66. The Morgan fingerprint density at radius 3 is 2.62 bits per heavy atom. The Kier molecular flexibility index (Phi) is 3.82. The second kappa shape index (κ2) is 4.92. The van der Waals surface area contributed by atoms with Crippen LogP contribution in [0.3, 0.4) is 0 Å². The number of hydrogen-bond donors (Lipinski definition) is 1. The van der Waals surface area contributed by atoms with E-state index in [1.54, 1.807) is 19.9 Å². The molecule has 2 atom stereocenters. The molecule has 2 unspecified atom stereocenters. The molecule has 5 heteroatoms. The lowest BCUT2D eigenvalue weighted by Crippen LogP contribution is -2.60. The molecule has 1 rings (SSSR count). The fraction of sp³-hybridized carbons (Fsp3) is 0.545. The predicted octanol–water partition coefficient (Wildman–Crippen LogP) is 1.06. The van der Waals surface area contributed by atoms with Crippen LogP contribution in [0.15, 0.2) is 12.7 Å². The molecule has 0 saturated carbocycles. The average molecular weight is 224 g/mol. The van der Waals surface area contributed by atoms with Gasteiger partial charge in [0.05, 0.1) is 0 Å². The van der Waals surface area contributed by atoms with E-state index < -0.39 is 23.8 Å². The van der Waals surface area contributed by atoms with Crippen molar-refractivity contribution in [2.45, 2.75) is 32.7 Å². The number of hydrogen-bond acceptors (Lipinski definition) is 3. The number of rotatable bonds is 4. The summed E-state index contributed by atoms with van der Waals surface area (Å²) in [6.45, 7) is 7.06. The maximum atomic E-state index is 11.9. The van der Waals surface area contributed by atoms with Crippen molar-refractivity contribution in [2.75, 3.05) is 0 Å². The van der Waals surface area contributed by atoms with E-state index in [0.717, 1.165) is 4.90 Å². The maximum Gasteiger partial charge on any atom is 0.331 e. The van der Waals surface area contributed by atoms with E-state index in [1.807, 2.05) is 0 Å². The molecule has 0 aromatic rings. The van der Waals surface area contributed by atoms with Gasteiger partial charge in [0, 0.05) is 6.04 Å². The normalized spacial score (nSPS) is 23.0. The van der Waals surface area contributed by atoms with Gasteiger partial charge in [-0.2, -0.15) is 0 Å². The van der Waals surface area contributed by atoms with Crippen molar-refractivity contribution in [3.63, 3.8) is 0 Å². The minimum atomic E-state index is -0.745. The number of carbonyl (C=O) groups excluding carboxylic acids is 3. The van der Waals surface area contributed by atoms with Crippen molar-refractivity contribution in [3.05, 3.63) is 12.7 Å². The molecule has 16 heavy (non-hydrogen) atoms. The maximum absolute atomic E-state index is 11.9. The van der Waals surface area contributed by atoms with Crippen LogP contribution < -0.4 is 5.32 Å². The van der Waals surface area contributed by atoms with Crippen LogP contribution in [0.25, 0.3) is 0 Å². The van der Waals surface area contributed by atoms with E-state index in [1.165, 1.54) is 0 Å². The van der Waals surface area contributed by atoms with Crippen LogP contribution in [-0.2, 0) is 9.59 Å². The molecule has 1 heterocycles. The first-order valence-electron chi connectivity index (χ1n) is 5.31. The highest BCUT2D eigenvalue weighted by molar-refractivity contribution is 6.16. The largest absolute Gasteiger partial charge is 0.331 e. The Balaban J connectivity index is 2.91. The predicted molar refractivity (Wildman–Crippen MR) is 58.4 cm³/mol. The van der Waals surface area contributed by atoms with Gasteiger partial charge < -0.3 is 0 Å². The van der Waals surface area contributed by atoms with Gasteiger partial charge in [-0.15, -0.1) is 6.58 Å². The van der Waals surface area contributed by atoms with Crippen molar-refractivity contribution in [2.24, 2.45) is 5.92 Å². The summed E-state index contributed by atoms with van der Waals surface area (Å²) in [4.78, 5) is 35.9. The van der Waals surface area contributed by atoms with E-state index in [9.17, 15) is 14.4 Å². The molecule has 0 radical (unpaired) electrons. The highest BCUT2D eigenvalue weighted by Crippen LogP contribution is 2.17. The van der Waals surface area contributed by atoms with Crippen molar-refractivity contribution in [1.29, 1.82) is 0 Å². The lowest BCUT2D eigenvalue weighted by Gasteiger charge is -2.33. The number of imide groups is 2. The minimum absolute atomic E-state index is 0.271. The van der Waals surface area contributed by atoms with E-state index in [-0.39, 0.29) is 6.04 Å². The molecular formula is C11H16N2O3. The summed E-state index contributed by atoms with van der Waals surface area (Å²) in [6.07, 6.45) is 2.56. The number of barbiturate groups is 1. The first-order valence-corrected chi connectivity index (χ1v) is 5.31. The van der Waals surface area contributed by atoms with Crippen LogP contribution in [0.1, 0.15) is 26.7 Å². The van der Waals surface area contributed by atoms with Gasteiger partial charge in [0.15, 0.2) is 0 Å². The number of nitrogens with zero attached hydrogens (tertiary/aromatic N) is 1. The van der Waals surface area contributed by atoms with Crippen molar-refractivity contribution in [3.8, 4) is 0 Å². The Morgan fingerprint density at radius 1 is 1.50 bits per heavy atom. The Hall–Kier alpha value is -1.65. The Morgan fingerprint density at radius 2 is 2.12 bits per heavy atom. The molecule has 0 aromatic carbocycles. The summed E-state index contributed by atoms with van der Waals surface area (Å²) >= 11 is 0. The summed E-state index contributed by atoms with van der Waals surface area (Å²) in [5.41, 5.74) is 0. The van der Waals surface area contributed by atoms with Crippen LogP contribution in [0.4, 0.5) is 4.79 Å². The smallest absolute Gasteiger partial charge is 0.277 e. The van der Waals surface area contributed by atoms with Crippen molar-refractivity contribution >= 4 is 17.8 Å². The third-order valence-electron chi connectivity index (χ3n) is 2.66. The topological polar surface area (TPSA) is 66.5 Å². The van der Waals surface area contributed by atoms with Gasteiger partial charge in [0.25, 0.3) is 0 Å². The number of nitrogens with one attached hydrogen (secondary N) is 1. The molecule has 1 aliphatic heterocycles. The Labute approximate surface area is 94.5 Å². The van der Waals surface area contributed by atoms with Crippen LogP contribution in [-0.4, -0.2) is 28.8 Å². The molecule has 0 aromatic heterocycles. The zero-order valence-electron chi connectivity index (χ0n) is 9.53. The molecule has 1 fully saturated rings. The lowest BCUT2D eigenvalue weighted by atomic mass is 10.0. The third kappa shape index (κ3) is 2.13. The van der Waals surface area contributed by atoms with Gasteiger partial charge in [0.2, 0.25) is 11.8 Å². The monoisotopic (exact) mass is 224 g/mol. The summed E-state index contributed by atoms with van der Waals surface area (Å²) < 4.78 is 0. The highest BCUT2D eigenvalue weighted by Gasteiger charge is 2.40. The second-order valence-electron chi connectivity index (χ2n) is 3.84. The highest BCUT2D eigenvalue weighted by atomic mass is 16.2. The van der Waals surface area contributed by atoms with Gasteiger partial charge >= 0.3 is 6.03 Å². The summed E-state index contributed by atoms with van der Waals surface area (Å²) in [5, 5.41) is 2.19. The van der Waals surface area contributed by atoms with E-state index in [0.29, 0.717) is 12.8 Å². The fourth-order valence-electron chi connectivity index (χ4n) is 1.76. The van der Waals surface area contributed by atoms with Crippen molar-refractivity contribution in [1.82, 2.24) is 10.2 Å². The standard InChI is InChI=1S/C11H16N2O3/c1-4-6-7(3)13-10(15)8(5-2)9(14)12-11(13)16/h4,7-8H,1,5-6H2,2-3H3,(H,12,14,16). The summed E-state index contributed by atoms with van der Waals surface area (Å²) in [6, 6.07) is -0.902. The SMILES string of the molecule is C=CCC(C)N1C(=O)NC(=O)C(CC)C1=O. The molecule has 5 nitrogen and oxygen atoms in total. The number of amides is 4. The average Bonchev–Trinajstić information content (AvgIpc) is 2.17. The van der Waals surface area contributed by atoms with Crippen LogP contribution in [0.2, 0.25) is 0 Å². The molecule has 88 valence electrons. The number of urea groups is 1. The first-order chi connectivity index (χ1) is 7.52. The van der Waals surface area contributed by atoms with E-state index in [4.69, 9.17) is 0 Å². The van der Waals surface area contributed by atoms with Crippen LogP contribution in [0, 0.1) is 5.92 Å².